The van der Waals surface area contributed by atoms with Gasteiger partial charge in [0.1, 0.15) is 6.29 Å². The molecule has 0 rings (SSSR count). The molecule has 0 heterocycles. The van der Waals surface area contributed by atoms with E-state index in [4.69, 9.17) is 0 Å². The van der Waals surface area contributed by atoms with Crippen molar-refractivity contribution in [3.8, 4) is 0 Å². The number of carbonyl (C=O) groups excluding carboxylic acids is 1. The van der Waals surface area contributed by atoms with Crippen molar-refractivity contribution < 1.29 is 4.79 Å². The lowest BCUT2D eigenvalue weighted by atomic mass is 10.2. The van der Waals surface area contributed by atoms with Gasteiger partial charge in [0.2, 0.25) is 0 Å². The highest BCUT2D eigenvalue weighted by Gasteiger charge is 1.86. The first-order valence-electron chi connectivity index (χ1n) is 2.27. The maximum absolute atomic E-state index is 9.82. The first-order chi connectivity index (χ1) is 3.31. The van der Waals surface area contributed by atoms with Gasteiger partial charge in [-0.15, -0.1) is 0 Å². The lowest BCUT2D eigenvalue weighted by Gasteiger charge is -1.85. The number of hydrogen-bond acceptors (Lipinski definition) is 1. The minimum atomic E-state index is 0.0324. The van der Waals surface area contributed by atoms with Crippen LogP contribution in [0.5, 0.6) is 0 Å². The van der Waals surface area contributed by atoms with Crippen molar-refractivity contribution in [2.24, 2.45) is 5.92 Å². The van der Waals surface area contributed by atoms with E-state index in [0.717, 1.165) is 6.29 Å². The summed E-state index contributed by atoms with van der Waals surface area (Å²) in [6, 6.07) is 0. The quantitative estimate of drug-likeness (QED) is 0.473. The van der Waals surface area contributed by atoms with E-state index in [1.54, 1.807) is 13.0 Å². The van der Waals surface area contributed by atoms with E-state index in [2.05, 4.69) is 6.08 Å². The molecule has 0 saturated carbocycles. The monoisotopic (exact) mass is 97.1 g/mol. The number of aldehydes is 1. The molecule has 39 valence electrons. The van der Waals surface area contributed by atoms with Crippen LogP contribution in [0.2, 0.25) is 0 Å². The molecule has 0 saturated heterocycles. The molecule has 0 aliphatic heterocycles. The largest absolute Gasteiger partial charge is 0.303 e. The molecule has 1 radical (unpaired) electrons. The summed E-state index contributed by atoms with van der Waals surface area (Å²) in [5, 5.41) is 0. The van der Waals surface area contributed by atoms with Crippen LogP contribution in [0.3, 0.4) is 0 Å². The topological polar surface area (TPSA) is 17.1 Å². The van der Waals surface area contributed by atoms with Gasteiger partial charge < -0.3 is 4.79 Å². The zero-order valence-corrected chi connectivity index (χ0v) is 4.64. The van der Waals surface area contributed by atoms with Gasteiger partial charge in [-0.25, -0.2) is 0 Å². The molecular weight excluding hydrogens is 88.1 g/mol. The standard InChI is InChI=1S/C6H9O/c1-3-4-6(2)5-7/h4-6H,1-2H3. The summed E-state index contributed by atoms with van der Waals surface area (Å²) < 4.78 is 0. The predicted molar refractivity (Wildman–Crippen MR) is 28.7 cm³/mol. The van der Waals surface area contributed by atoms with Crippen LogP contribution in [0.25, 0.3) is 0 Å². The van der Waals surface area contributed by atoms with Crippen LogP contribution in [0, 0.1) is 12.0 Å². The Bertz CT molecular complexity index is 74.2. The SMILES string of the molecule is C/[C]=C/C(C)C=O. The zero-order chi connectivity index (χ0) is 5.70. The Morgan fingerprint density at radius 1 is 1.71 bits per heavy atom. The molecule has 1 unspecified atom stereocenters. The molecule has 1 nitrogen and oxygen atoms in total. The highest BCUT2D eigenvalue weighted by atomic mass is 16.1. The van der Waals surface area contributed by atoms with Crippen molar-refractivity contribution in [3.05, 3.63) is 12.2 Å². The van der Waals surface area contributed by atoms with Gasteiger partial charge in [-0.3, -0.25) is 0 Å². The van der Waals surface area contributed by atoms with Crippen LogP contribution in [0.15, 0.2) is 6.08 Å². The van der Waals surface area contributed by atoms with Crippen LogP contribution in [-0.4, -0.2) is 6.29 Å². The van der Waals surface area contributed by atoms with Crippen LogP contribution < -0.4 is 0 Å². The van der Waals surface area contributed by atoms with Crippen molar-refractivity contribution in [1.82, 2.24) is 0 Å². The summed E-state index contributed by atoms with van der Waals surface area (Å²) in [6.45, 7) is 3.60. The summed E-state index contributed by atoms with van der Waals surface area (Å²) in [4.78, 5) is 9.82. The van der Waals surface area contributed by atoms with Crippen LogP contribution in [-0.2, 0) is 4.79 Å². The van der Waals surface area contributed by atoms with E-state index in [1.807, 2.05) is 6.92 Å². The van der Waals surface area contributed by atoms with Gasteiger partial charge in [0, 0.05) is 5.92 Å². The average molecular weight is 97.1 g/mol. The molecule has 0 aromatic carbocycles. The minimum absolute atomic E-state index is 0.0324. The van der Waals surface area contributed by atoms with Crippen molar-refractivity contribution in [1.29, 1.82) is 0 Å². The first kappa shape index (κ1) is 6.41. The maximum atomic E-state index is 9.82. The highest BCUT2D eigenvalue weighted by molar-refractivity contribution is 5.55. The third kappa shape index (κ3) is 3.23. The Morgan fingerprint density at radius 2 is 2.29 bits per heavy atom. The molecule has 0 bridgehead atoms. The van der Waals surface area contributed by atoms with Gasteiger partial charge in [-0.05, 0) is 6.92 Å². The summed E-state index contributed by atoms with van der Waals surface area (Å²) in [5.41, 5.74) is 0. The molecule has 0 aromatic heterocycles. The van der Waals surface area contributed by atoms with Crippen LogP contribution >= 0.6 is 0 Å². The highest BCUT2D eigenvalue weighted by Crippen LogP contribution is 1.87. The van der Waals surface area contributed by atoms with Gasteiger partial charge in [-0.1, -0.05) is 19.1 Å². The normalized spacial score (nSPS) is 14.6. The molecule has 0 spiro atoms. The predicted octanol–water partition coefficient (Wildman–Crippen LogP) is 1.20. The average Bonchev–Trinajstić information content (AvgIpc) is 1.68. The Hall–Kier alpha value is -0.590. The fourth-order valence-corrected chi connectivity index (χ4v) is 0.302. The Balaban J connectivity index is 3.35. The molecule has 0 amide bonds. The maximum Gasteiger partial charge on any atom is 0.126 e. The lowest BCUT2D eigenvalue weighted by molar-refractivity contribution is -0.109. The molecule has 0 aromatic rings. The molecule has 0 aliphatic rings. The Kier molecular flexibility index (Phi) is 3.29. The number of carbonyl (C=O) groups is 1. The van der Waals surface area contributed by atoms with Gasteiger partial charge in [0.15, 0.2) is 0 Å². The molecular formula is C6H9O. The third-order valence-corrected chi connectivity index (χ3v) is 0.644. The zero-order valence-electron chi connectivity index (χ0n) is 4.64. The fraction of sp³-hybridized carbons (Fsp3) is 0.500. The van der Waals surface area contributed by atoms with E-state index in [1.165, 1.54) is 0 Å². The van der Waals surface area contributed by atoms with Crippen molar-refractivity contribution in [3.63, 3.8) is 0 Å². The lowest BCUT2D eigenvalue weighted by Crippen LogP contribution is -1.86. The van der Waals surface area contributed by atoms with Crippen molar-refractivity contribution in [2.45, 2.75) is 13.8 Å². The molecule has 7 heavy (non-hydrogen) atoms. The van der Waals surface area contributed by atoms with Gasteiger partial charge >= 0.3 is 0 Å². The van der Waals surface area contributed by atoms with Crippen molar-refractivity contribution >= 4 is 6.29 Å². The van der Waals surface area contributed by atoms with E-state index in [9.17, 15) is 4.79 Å². The molecule has 1 heteroatoms. The van der Waals surface area contributed by atoms with Gasteiger partial charge in [0.05, 0.1) is 0 Å². The van der Waals surface area contributed by atoms with Crippen LogP contribution in [0.1, 0.15) is 13.8 Å². The van der Waals surface area contributed by atoms with Crippen molar-refractivity contribution in [2.75, 3.05) is 0 Å². The molecule has 0 aliphatic carbocycles. The second kappa shape index (κ2) is 3.59. The molecule has 1 atom stereocenters. The van der Waals surface area contributed by atoms with Gasteiger partial charge in [0.25, 0.3) is 0 Å². The Morgan fingerprint density at radius 3 is 2.43 bits per heavy atom. The number of allylic oxidation sites excluding steroid dienone is 2. The van der Waals surface area contributed by atoms with Crippen LogP contribution in [0.4, 0.5) is 0 Å². The summed E-state index contributed by atoms with van der Waals surface area (Å²) >= 11 is 0. The first-order valence-corrected chi connectivity index (χ1v) is 2.27. The fourth-order valence-electron chi connectivity index (χ4n) is 0.302. The van der Waals surface area contributed by atoms with Gasteiger partial charge in [-0.2, -0.15) is 0 Å². The smallest absolute Gasteiger partial charge is 0.126 e. The van der Waals surface area contributed by atoms with E-state index in [0.29, 0.717) is 0 Å². The third-order valence-electron chi connectivity index (χ3n) is 0.644. The second-order valence-corrected chi connectivity index (χ2v) is 1.45. The summed E-state index contributed by atoms with van der Waals surface area (Å²) in [5.74, 6) is 0.0324. The molecule has 0 fully saturated rings. The number of rotatable bonds is 2. The number of hydrogen-bond donors (Lipinski definition) is 0. The van der Waals surface area contributed by atoms with E-state index >= 15 is 0 Å². The second-order valence-electron chi connectivity index (χ2n) is 1.45. The van der Waals surface area contributed by atoms with E-state index in [-0.39, 0.29) is 5.92 Å². The van der Waals surface area contributed by atoms with E-state index < -0.39 is 0 Å². The summed E-state index contributed by atoms with van der Waals surface area (Å²) in [6.07, 6.45) is 5.38. The molecule has 0 N–H and O–H groups in total. The summed E-state index contributed by atoms with van der Waals surface area (Å²) in [7, 11) is 0. The minimum Gasteiger partial charge on any atom is -0.303 e. The Labute approximate surface area is 44.0 Å².